The lowest BCUT2D eigenvalue weighted by atomic mass is 10.0. The number of rotatable bonds is 8. The van der Waals surface area contributed by atoms with Crippen LogP contribution in [0, 0.1) is 0 Å². The molecule has 3 heteroatoms. The molecule has 0 bridgehead atoms. The van der Waals surface area contributed by atoms with E-state index >= 15 is 0 Å². The van der Waals surface area contributed by atoms with Crippen LogP contribution >= 0.6 is 0 Å². The normalized spacial score (nSPS) is 10.8. The van der Waals surface area contributed by atoms with E-state index in [0.717, 1.165) is 12.2 Å². The molecule has 0 spiro atoms. The van der Waals surface area contributed by atoms with Crippen molar-refractivity contribution in [3.8, 4) is 0 Å². The lowest BCUT2D eigenvalue weighted by Crippen LogP contribution is -2.11. The van der Waals surface area contributed by atoms with Gasteiger partial charge in [-0.3, -0.25) is 0 Å². The predicted octanol–water partition coefficient (Wildman–Crippen LogP) is 2.88. The Bertz CT molecular complexity index is 296. The summed E-state index contributed by atoms with van der Waals surface area (Å²) >= 11 is 0. The van der Waals surface area contributed by atoms with Gasteiger partial charge in [0.15, 0.2) is 0 Å². The molecule has 0 fully saturated rings. The molecule has 17 heavy (non-hydrogen) atoms. The number of anilines is 1. The van der Waals surface area contributed by atoms with Crippen molar-refractivity contribution in [1.82, 2.24) is 0 Å². The minimum absolute atomic E-state index is 0.585. The van der Waals surface area contributed by atoms with E-state index in [9.17, 15) is 0 Å². The van der Waals surface area contributed by atoms with Gasteiger partial charge in [0, 0.05) is 19.3 Å². The van der Waals surface area contributed by atoms with E-state index in [1.807, 2.05) is 0 Å². The number of ether oxygens (including phenoxy) is 2. The minimum Gasteiger partial charge on any atom is -0.383 e. The summed E-state index contributed by atoms with van der Waals surface area (Å²) in [5, 5.41) is 3.32. The van der Waals surface area contributed by atoms with Gasteiger partial charge in [-0.1, -0.05) is 26.0 Å². The van der Waals surface area contributed by atoms with E-state index in [0.29, 0.717) is 25.7 Å². The Hall–Kier alpha value is -1.06. The molecule has 0 radical (unpaired) electrons. The highest BCUT2D eigenvalue weighted by atomic mass is 16.5. The molecule has 0 unspecified atom stereocenters. The molecule has 0 atom stereocenters. The van der Waals surface area contributed by atoms with Crippen molar-refractivity contribution >= 4 is 5.69 Å². The standard InChI is InChI=1S/C14H23NO2/c1-12(2)13-4-6-14(7-5-13)15-8-9-17-11-10-16-3/h4-7,12,15H,8-11H2,1-3H3. The van der Waals surface area contributed by atoms with Crippen molar-refractivity contribution in [3.05, 3.63) is 29.8 Å². The highest BCUT2D eigenvalue weighted by molar-refractivity contribution is 5.45. The van der Waals surface area contributed by atoms with E-state index in [-0.39, 0.29) is 0 Å². The van der Waals surface area contributed by atoms with E-state index in [4.69, 9.17) is 9.47 Å². The largest absolute Gasteiger partial charge is 0.383 e. The minimum atomic E-state index is 0.585. The van der Waals surface area contributed by atoms with Crippen LogP contribution in [0.3, 0.4) is 0 Å². The van der Waals surface area contributed by atoms with Crippen molar-refractivity contribution in [2.45, 2.75) is 19.8 Å². The zero-order valence-corrected chi connectivity index (χ0v) is 11.0. The Balaban J connectivity index is 2.19. The molecule has 1 aromatic carbocycles. The molecule has 3 nitrogen and oxygen atoms in total. The zero-order valence-electron chi connectivity index (χ0n) is 11.0. The molecule has 0 aromatic heterocycles. The molecule has 1 aromatic rings. The van der Waals surface area contributed by atoms with Gasteiger partial charge >= 0.3 is 0 Å². The fourth-order valence-corrected chi connectivity index (χ4v) is 1.50. The molecule has 0 saturated carbocycles. The van der Waals surface area contributed by atoms with Crippen LogP contribution in [-0.2, 0) is 9.47 Å². The quantitative estimate of drug-likeness (QED) is 0.705. The molecule has 1 N–H and O–H groups in total. The van der Waals surface area contributed by atoms with Gasteiger partial charge in [-0.05, 0) is 23.6 Å². The van der Waals surface area contributed by atoms with Gasteiger partial charge in [-0.15, -0.1) is 0 Å². The Morgan fingerprint density at radius 2 is 1.76 bits per heavy atom. The van der Waals surface area contributed by atoms with Gasteiger partial charge in [0.1, 0.15) is 0 Å². The smallest absolute Gasteiger partial charge is 0.0701 e. The van der Waals surface area contributed by atoms with Gasteiger partial charge in [0.05, 0.1) is 19.8 Å². The SMILES string of the molecule is COCCOCCNc1ccc(C(C)C)cc1. The summed E-state index contributed by atoms with van der Waals surface area (Å²) in [6, 6.07) is 8.56. The first kappa shape index (κ1) is 14.0. The number of nitrogens with one attached hydrogen (secondary N) is 1. The average Bonchev–Trinajstić information content (AvgIpc) is 2.34. The van der Waals surface area contributed by atoms with E-state index < -0.39 is 0 Å². The van der Waals surface area contributed by atoms with Crippen LogP contribution in [0.15, 0.2) is 24.3 Å². The first-order valence-electron chi connectivity index (χ1n) is 6.14. The van der Waals surface area contributed by atoms with Crippen LogP contribution in [-0.4, -0.2) is 33.5 Å². The van der Waals surface area contributed by atoms with E-state index in [1.165, 1.54) is 5.56 Å². The molecule has 0 aliphatic heterocycles. The van der Waals surface area contributed by atoms with Gasteiger partial charge in [0.25, 0.3) is 0 Å². The molecule has 0 heterocycles. The first-order valence-corrected chi connectivity index (χ1v) is 6.14. The summed E-state index contributed by atoms with van der Waals surface area (Å²) in [5.74, 6) is 0.585. The van der Waals surface area contributed by atoms with Crippen LogP contribution in [0.25, 0.3) is 0 Å². The maximum atomic E-state index is 5.37. The van der Waals surface area contributed by atoms with Crippen LogP contribution in [0.5, 0.6) is 0 Å². The summed E-state index contributed by atoms with van der Waals surface area (Å²) in [6.07, 6.45) is 0. The van der Waals surface area contributed by atoms with E-state index in [1.54, 1.807) is 7.11 Å². The molecule has 0 aliphatic rings. The van der Waals surface area contributed by atoms with Crippen molar-refractivity contribution in [2.75, 3.05) is 38.8 Å². The molecular weight excluding hydrogens is 214 g/mol. The van der Waals surface area contributed by atoms with E-state index in [2.05, 4.69) is 43.4 Å². The second-order valence-electron chi connectivity index (χ2n) is 4.31. The molecule has 1 rings (SSSR count). The lowest BCUT2D eigenvalue weighted by molar-refractivity contribution is 0.0759. The summed E-state index contributed by atoms with van der Waals surface area (Å²) in [5.41, 5.74) is 2.51. The van der Waals surface area contributed by atoms with Crippen LogP contribution in [0.1, 0.15) is 25.3 Å². The monoisotopic (exact) mass is 237 g/mol. The summed E-state index contributed by atoms with van der Waals surface area (Å²) in [4.78, 5) is 0. The molecule has 96 valence electrons. The van der Waals surface area contributed by atoms with Crippen molar-refractivity contribution < 1.29 is 9.47 Å². The fraction of sp³-hybridized carbons (Fsp3) is 0.571. The fourth-order valence-electron chi connectivity index (χ4n) is 1.50. The lowest BCUT2D eigenvalue weighted by Gasteiger charge is -2.09. The number of hydrogen-bond acceptors (Lipinski definition) is 3. The number of benzene rings is 1. The second kappa shape index (κ2) is 8.09. The highest BCUT2D eigenvalue weighted by Crippen LogP contribution is 2.16. The van der Waals surface area contributed by atoms with Gasteiger partial charge < -0.3 is 14.8 Å². The maximum Gasteiger partial charge on any atom is 0.0701 e. The summed E-state index contributed by atoms with van der Waals surface area (Å²) in [6.45, 7) is 7.24. The zero-order chi connectivity index (χ0) is 12.5. The third kappa shape index (κ3) is 5.71. The Morgan fingerprint density at radius 1 is 1.06 bits per heavy atom. The van der Waals surface area contributed by atoms with Crippen LogP contribution in [0.4, 0.5) is 5.69 Å². The highest BCUT2D eigenvalue weighted by Gasteiger charge is 1.98. The maximum absolute atomic E-state index is 5.37. The summed E-state index contributed by atoms with van der Waals surface area (Å²) < 4.78 is 10.3. The third-order valence-corrected chi connectivity index (χ3v) is 2.58. The summed E-state index contributed by atoms with van der Waals surface area (Å²) in [7, 11) is 1.68. The van der Waals surface area contributed by atoms with Crippen molar-refractivity contribution in [1.29, 1.82) is 0 Å². The molecule has 0 saturated heterocycles. The predicted molar refractivity (Wildman–Crippen MR) is 71.7 cm³/mol. The average molecular weight is 237 g/mol. The van der Waals surface area contributed by atoms with Gasteiger partial charge in [-0.2, -0.15) is 0 Å². The van der Waals surface area contributed by atoms with Gasteiger partial charge in [0.2, 0.25) is 0 Å². The van der Waals surface area contributed by atoms with Crippen molar-refractivity contribution in [3.63, 3.8) is 0 Å². The van der Waals surface area contributed by atoms with Crippen LogP contribution < -0.4 is 5.32 Å². The second-order valence-corrected chi connectivity index (χ2v) is 4.31. The van der Waals surface area contributed by atoms with Crippen LogP contribution in [0.2, 0.25) is 0 Å². The first-order chi connectivity index (χ1) is 8.24. The third-order valence-electron chi connectivity index (χ3n) is 2.58. The number of methoxy groups -OCH3 is 1. The number of hydrogen-bond donors (Lipinski definition) is 1. The van der Waals surface area contributed by atoms with Crippen molar-refractivity contribution in [2.24, 2.45) is 0 Å². The van der Waals surface area contributed by atoms with Gasteiger partial charge in [-0.25, -0.2) is 0 Å². The topological polar surface area (TPSA) is 30.5 Å². The molecule has 0 amide bonds. The Morgan fingerprint density at radius 3 is 2.35 bits per heavy atom. The Labute approximate surface area is 104 Å². The Kier molecular flexibility index (Phi) is 6.67. The molecule has 0 aliphatic carbocycles. The molecular formula is C14H23NO2.